The SMILES string of the molecule is CCCCC(N)C(=O)N(Cc1cccc(Cl)c1)C(C)C. The average molecular weight is 297 g/mol. The molecule has 20 heavy (non-hydrogen) atoms. The van der Waals surface area contributed by atoms with Gasteiger partial charge in [0.25, 0.3) is 0 Å². The zero-order valence-corrected chi connectivity index (χ0v) is 13.4. The molecule has 1 aromatic rings. The first-order valence-electron chi connectivity index (χ1n) is 7.26. The van der Waals surface area contributed by atoms with Crippen LogP contribution in [-0.2, 0) is 11.3 Å². The Morgan fingerprint density at radius 3 is 2.65 bits per heavy atom. The summed E-state index contributed by atoms with van der Waals surface area (Å²) in [6.45, 7) is 6.67. The molecule has 2 N–H and O–H groups in total. The number of amides is 1. The van der Waals surface area contributed by atoms with Gasteiger partial charge in [0.2, 0.25) is 5.91 Å². The number of hydrogen-bond donors (Lipinski definition) is 1. The second kappa shape index (κ2) is 8.28. The maximum absolute atomic E-state index is 12.4. The third-order valence-electron chi connectivity index (χ3n) is 3.33. The van der Waals surface area contributed by atoms with Gasteiger partial charge in [-0.3, -0.25) is 4.79 Å². The zero-order valence-electron chi connectivity index (χ0n) is 12.6. The monoisotopic (exact) mass is 296 g/mol. The number of hydrogen-bond acceptors (Lipinski definition) is 2. The molecule has 0 bridgehead atoms. The van der Waals surface area contributed by atoms with Gasteiger partial charge < -0.3 is 10.6 Å². The molecule has 0 heterocycles. The Morgan fingerprint density at radius 2 is 2.10 bits per heavy atom. The van der Waals surface area contributed by atoms with Crippen molar-refractivity contribution in [1.82, 2.24) is 4.90 Å². The number of rotatable bonds is 7. The summed E-state index contributed by atoms with van der Waals surface area (Å²) in [5.41, 5.74) is 7.04. The molecule has 112 valence electrons. The van der Waals surface area contributed by atoms with Crippen LogP contribution in [0.2, 0.25) is 5.02 Å². The molecule has 0 aliphatic carbocycles. The second-order valence-electron chi connectivity index (χ2n) is 5.44. The molecule has 0 spiro atoms. The minimum absolute atomic E-state index is 0.0217. The third kappa shape index (κ3) is 5.14. The van der Waals surface area contributed by atoms with E-state index in [2.05, 4.69) is 6.92 Å². The summed E-state index contributed by atoms with van der Waals surface area (Å²) in [5.74, 6) is 0.0217. The largest absolute Gasteiger partial charge is 0.335 e. The number of carbonyl (C=O) groups excluding carboxylic acids is 1. The molecule has 3 nitrogen and oxygen atoms in total. The normalized spacial score (nSPS) is 12.5. The van der Waals surface area contributed by atoms with Crippen molar-refractivity contribution in [3.05, 3.63) is 34.9 Å². The highest BCUT2D eigenvalue weighted by molar-refractivity contribution is 6.30. The van der Waals surface area contributed by atoms with E-state index in [1.807, 2.05) is 43.0 Å². The van der Waals surface area contributed by atoms with Gasteiger partial charge in [0.15, 0.2) is 0 Å². The molecule has 0 saturated heterocycles. The van der Waals surface area contributed by atoms with Crippen molar-refractivity contribution >= 4 is 17.5 Å². The molecule has 0 aliphatic rings. The van der Waals surface area contributed by atoms with Gasteiger partial charge >= 0.3 is 0 Å². The van der Waals surface area contributed by atoms with Gasteiger partial charge in [-0.2, -0.15) is 0 Å². The maximum atomic E-state index is 12.4. The minimum atomic E-state index is -0.406. The highest BCUT2D eigenvalue weighted by Crippen LogP contribution is 2.15. The van der Waals surface area contributed by atoms with E-state index in [-0.39, 0.29) is 11.9 Å². The Balaban J connectivity index is 2.76. The number of benzene rings is 1. The Hall–Kier alpha value is -1.06. The van der Waals surface area contributed by atoms with E-state index < -0.39 is 6.04 Å². The first-order chi connectivity index (χ1) is 9.45. The third-order valence-corrected chi connectivity index (χ3v) is 3.57. The van der Waals surface area contributed by atoms with Gasteiger partial charge in [-0.15, -0.1) is 0 Å². The number of carbonyl (C=O) groups is 1. The summed E-state index contributed by atoms with van der Waals surface area (Å²) < 4.78 is 0. The molecule has 1 atom stereocenters. The second-order valence-corrected chi connectivity index (χ2v) is 5.87. The summed E-state index contributed by atoms with van der Waals surface area (Å²) in [6, 6.07) is 7.32. The van der Waals surface area contributed by atoms with Crippen LogP contribution in [0, 0.1) is 0 Å². The standard InChI is InChI=1S/C16H25ClN2O/c1-4-5-9-15(18)16(20)19(12(2)3)11-13-7-6-8-14(17)10-13/h6-8,10,12,15H,4-5,9,11,18H2,1-3H3. The van der Waals surface area contributed by atoms with Gasteiger partial charge in [-0.05, 0) is 38.0 Å². The molecule has 1 aromatic carbocycles. The summed E-state index contributed by atoms with van der Waals surface area (Å²) in [5, 5.41) is 0.689. The number of halogens is 1. The van der Waals surface area contributed by atoms with Gasteiger partial charge in [0, 0.05) is 17.6 Å². The van der Waals surface area contributed by atoms with E-state index in [4.69, 9.17) is 17.3 Å². The van der Waals surface area contributed by atoms with Crippen LogP contribution in [0.3, 0.4) is 0 Å². The lowest BCUT2D eigenvalue weighted by molar-refractivity contribution is -0.135. The molecule has 1 unspecified atom stereocenters. The fourth-order valence-electron chi connectivity index (χ4n) is 2.11. The Bertz CT molecular complexity index is 434. The Kier molecular flexibility index (Phi) is 7.03. The Morgan fingerprint density at radius 1 is 1.40 bits per heavy atom. The van der Waals surface area contributed by atoms with Crippen molar-refractivity contribution in [3.63, 3.8) is 0 Å². The molecule has 1 rings (SSSR count). The quantitative estimate of drug-likeness (QED) is 0.836. The highest BCUT2D eigenvalue weighted by Gasteiger charge is 2.23. The summed E-state index contributed by atoms with van der Waals surface area (Å²) in [7, 11) is 0. The van der Waals surface area contributed by atoms with E-state index in [0.29, 0.717) is 11.6 Å². The number of nitrogens with zero attached hydrogens (tertiary/aromatic N) is 1. The van der Waals surface area contributed by atoms with Crippen molar-refractivity contribution in [2.45, 2.75) is 58.7 Å². The van der Waals surface area contributed by atoms with Crippen LogP contribution in [0.25, 0.3) is 0 Å². The van der Waals surface area contributed by atoms with Crippen molar-refractivity contribution in [2.24, 2.45) is 5.73 Å². The summed E-state index contributed by atoms with van der Waals surface area (Å²) in [6.07, 6.45) is 2.78. The molecule has 0 fully saturated rings. The van der Waals surface area contributed by atoms with E-state index in [9.17, 15) is 4.79 Å². The molecule has 4 heteroatoms. The van der Waals surface area contributed by atoms with Gasteiger partial charge in [0.1, 0.15) is 0 Å². The van der Waals surface area contributed by atoms with E-state index in [1.54, 1.807) is 0 Å². The molecule has 1 amide bonds. The minimum Gasteiger partial charge on any atom is -0.335 e. The predicted molar refractivity (Wildman–Crippen MR) is 84.6 cm³/mol. The fraction of sp³-hybridized carbons (Fsp3) is 0.562. The van der Waals surface area contributed by atoms with Crippen molar-refractivity contribution in [3.8, 4) is 0 Å². The van der Waals surface area contributed by atoms with E-state index in [1.165, 1.54) is 0 Å². The lowest BCUT2D eigenvalue weighted by Gasteiger charge is -2.29. The maximum Gasteiger partial charge on any atom is 0.240 e. The molecule has 0 aliphatic heterocycles. The van der Waals surface area contributed by atoms with E-state index in [0.717, 1.165) is 24.8 Å². The van der Waals surface area contributed by atoms with Crippen LogP contribution in [-0.4, -0.2) is 22.9 Å². The molecule has 0 radical (unpaired) electrons. The van der Waals surface area contributed by atoms with E-state index >= 15 is 0 Å². The number of unbranched alkanes of at least 4 members (excludes halogenated alkanes) is 1. The van der Waals surface area contributed by atoms with Crippen LogP contribution in [0.5, 0.6) is 0 Å². The first-order valence-corrected chi connectivity index (χ1v) is 7.64. The predicted octanol–water partition coefficient (Wildman–Crippen LogP) is 3.59. The number of nitrogens with two attached hydrogens (primary N) is 1. The van der Waals surface area contributed by atoms with Gasteiger partial charge in [0.05, 0.1) is 6.04 Å². The van der Waals surface area contributed by atoms with Gasteiger partial charge in [-0.25, -0.2) is 0 Å². The summed E-state index contributed by atoms with van der Waals surface area (Å²) in [4.78, 5) is 14.3. The van der Waals surface area contributed by atoms with Crippen molar-refractivity contribution < 1.29 is 4.79 Å². The molecule has 0 saturated carbocycles. The van der Waals surface area contributed by atoms with Crippen molar-refractivity contribution in [1.29, 1.82) is 0 Å². The highest BCUT2D eigenvalue weighted by atomic mass is 35.5. The molecular formula is C16H25ClN2O. The van der Waals surface area contributed by atoms with Gasteiger partial charge in [-0.1, -0.05) is 43.5 Å². The summed E-state index contributed by atoms with van der Waals surface area (Å²) >= 11 is 5.99. The Labute approximate surface area is 127 Å². The first kappa shape index (κ1) is 17.0. The lowest BCUT2D eigenvalue weighted by Crippen LogP contribution is -2.46. The van der Waals surface area contributed by atoms with Crippen LogP contribution in [0.1, 0.15) is 45.6 Å². The molecule has 0 aromatic heterocycles. The molecular weight excluding hydrogens is 272 g/mol. The van der Waals surface area contributed by atoms with Crippen LogP contribution in [0.4, 0.5) is 0 Å². The van der Waals surface area contributed by atoms with Crippen LogP contribution in [0.15, 0.2) is 24.3 Å². The zero-order chi connectivity index (χ0) is 15.1. The average Bonchev–Trinajstić information content (AvgIpc) is 2.41. The smallest absolute Gasteiger partial charge is 0.240 e. The fourth-order valence-corrected chi connectivity index (χ4v) is 2.32. The van der Waals surface area contributed by atoms with Crippen LogP contribution < -0.4 is 5.73 Å². The topological polar surface area (TPSA) is 46.3 Å². The lowest BCUT2D eigenvalue weighted by atomic mass is 10.1. The van der Waals surface area contributed by atoms with Crippen LogP contribution >= 0.6 is 11.6 Å². The van der Waals surface area contributed by atoms with Crippen molar-refractivity contribution in [2.75, 3.05) is 0 Å².